The molecule has 20 heavy (non-hydrogen) atoms. The van der Waals surface area contributed by atoms with Crippen molar-refractivity contribution in [1.29, 1.82) is 0 Å². The Kier molecular flexibility index (Phi) is 3.61. The van der Waals surface area contributed by atoms with Crippen molar-refractivity contribution in [3.8, 4) is 0 Å². The zero-order valence-corrected chi connectivity index (χ0v) is 10.9. The summed E-state index contributed by atoms with van der Waals surface area (Å²) in [4.78, 5) is 22.5. The molecule has 104 valence electrons. The Morgan fingerprint density at radius 1 is 1.20 bits per heavy atom. The number of aliphatic carboxylic acids is 1. The molecule has 0 saturated heterocycles. The van der Waals surface area contributed by atoms with Crippen LogP contribution in [0.25, 0.3) is 0 Å². The van der Waals surface area contributed by atoms with E-state index in [9.17, 15) is 14.7 Å². The van der Waals surface area contributed by atoms with Crippen LogP contribution >= 0.6 is 0 Å². The van der Waals surface area contributed by atoms with E-state index < -0.39 is 23.4 Å². The van der Waals surface area contributed by atoms with E-state index in [0.717, 1.165) is 0 Å². The number of benzene rings is 1. The normalized spacial score (nSPS) is 24.4. The lowest BCUT2D eigenvalue weighted by Crippen LogP contribution is -2.45. The van der Waals surface area contributed by atoms with Crippen molar-refractivity contribution in [1.82, 2.24) is 0 Å². The summed E-state index contributed by atoms with van der Waals surface area (Å²) in [5, 5.41) is 21.5. The first-order valence-electron chi connectivity index (χ1n) is 6.13. The van der Waals surface area contributed by atoms with Crippen LogP contribution in [-0.2, 0) is 4.79 Å². The van der Waals surface area contributed by atoms with E-state index in [1.165, 1.54) is 6.07 Å². The molecule has 2 unspecified atom stereocenters. The Morgan fingerprint density at radius 3 is 2.55 bits per heavy atom. The number of para-hydroxylation sites is 1. The smallest absolute Gasteiger partial charge is 0.337 e. The molecule has 0 spiro atoms. The molecule has 0 radical (unpaired) electrons. The van der Waals surface area contributed by atoms with Gasteiger partial charge in [0.2, 0.25) is 0 Å². The van der Waals surface area contributed by atoms with E-state index in [1.807, 2.05) is 0 Å². The maximum Gasteiger partial charge on any atom is 0.337 e. The number of carbonyl (C=O) groups is 2. The van der Waals surface area contributed by atoms with Crippen molar-refractivity contribution in [3.63, 3.8) is 0 Å². The minimum absolute atomic E-state index is 0.112. The number of anilines is 1. The van der Waals surface area contributed by atoms with Gasteiger partial charge in [-0.3, -0.25) is 4.79 Å². The molecule has 1 aromatic rings. The Labute approximate surface area is 116 Å². The highest BCUT2D eigenvalue weighted by Gasteiger charge is 2.37. The maximum absolute atomic E-state index is 11.3. The first-order valence-corrected chi connectivity index (χ1v) is 6.13. The predicted octanol–water partition coefficient (Wildman–Crippen LogP) is 2.38. The van der Waals surface area contributed by atoms with Gasteiger partial charge in [-0.25, -0.2) is 4.79 Å². The van der Waals surface area contributed by atoms with Crippen LogP contribution in [-0.4, -0.2) is 27.7 Å². The van der Waals surface area contributed by atoms with Crippen molar-refractivity contribution in [2.75, 3.05) is 5.32 Å². The highest BCUT2D eigenvalue weighted by molar-refractivity contribution is 5.94. The van der Waals surface area contributed by atoms with Crippen LogP contribution in [0.4, 0.5) is 5.69 Å². The summed E-state index contributed by atoms with van der Waals surface area (Å²) in [7, 11) is 0. The van der Waals surface area contributed by atoms with Crippen LogP contribution in [0.15, 0.2) is 48.6 Å². The highest BCUT2D eigenvalue weighted by atomic mass is 16.4. The summed E-state index contributed by atoms with van der Waals surface area (Å²) in [6.45, 7) is 1.73. The monoisotopic (exact) mass is 273 g/mol. The van der Waals surface area contributed by atoms with Gasteiger partial charge < -0.3 is 15.5 Å². The standard InChI is InChI=1S/C15H15NO4/c1-15(9-5-4-7-11(15)14(19)20)16-12-8-3-2-6-10(12)13(17)18/h2-9,11,16H,1H3,(H,17,18)(H,19,20). The summed E-state index contributed by atoms with van der Waals surface area (Å²) in [5.74, 6) is -2.79. The van der Waals surface area contributed by atoms with Crippen LogP contribution in [0.3, 0.4) is 0 Å². The van der Waals surface area contributed by atoms with Gasteiger partial charge in [0, 0.05) is 5.69 Å². The molecule has 5 nitrogen and oxygen atoms in total. The minimum Gasteiger partial charge on any atom is -0.481 e. The molecule has 1 aliphatic carbocycles. The third-order valence-corrected chi connectivity index (χ3v) is 3.33. The lowest BCUT2D eigenvalue weighted by molar-refractivity contribution is -0.141. The molecular formula is C15H15NO4. The van der Waals surface area contributed by atoms with E-state index in [2.05, 4.69) is 5.32 Å². The van der Waals surface area contributed by atoms with E-state index in [0.29, 0.717) is 5.69 Å². The summed E-state index contributed by atoms with van der Waals surface area (Å²) >= 11 is 0. The number of aromatic carboxylic acids is 1. The average molecular weight is 273 g/mol. The van der Waals surface area contributed by atoms with Crippen molar-refractivity contribution in [3.05, 3.63) is 54.1 Å². The number of nitrogens with one attached hydrogen (secondary N) is 1. The third kappa shape index (κ3) is 2.56. The van der Waals surface area contributed by atoms with Gasteiger partial charge in [0.05, 0.1) is 11.1 Å². The molecule has 0 heterocycles. The summed E-state index contributed by atoms with van der Waals surface area (Å²) in [6.07, 6.45) is 6.73. The summed E-state index contributed by atoms with van der Waals surface area (Å²) < 4.78 is 0. The zero-order valence-electron chi connectivity index (χ0n) is 10.9. The van der Waals surface area contributed by atoms with Crippen LogP contribution in [0.5, 0.6) is 0 Å². The Morgan fingerprint density at radius 2 is 1.90 bits per heavy atom. The van der Waals surface area contributed by atoms with E-state index in [1.54, 1.807) is 49.4 Å². The van der Waals surface area contributed by atoms with Crippen LogP contribution in [0, 0.1) is 5.92 Å². The van der Waals surface area contributed by atoms with Gasteiger partial charge in [0.15, 0.2) is 0 Å². The molecule has 0 fully saturated rings. The minimum atomic E-state index is -1.06. The van der Waals surface area contributed by atoms with Crippen molar-refractivity contribution in [2.24, 2.45) is 5.92 Å². The topological polar surface area (TPSA) is 86.6 Å². The molecule has 0 saturated carbocycles. The van der Waals surface area contributed by atoms with Crippen LogP contribution in [0.2, 0.25) is 0 Å². The van der Waals surface area contributed by atoms with Gasteiger partial charge in [-0.2, -0.15) is 0 Å². The van der Waals surface area contributed by atoms with Crippen molar-refractivity contribution in [2.45, 2.75) is 12.5 Å². The molecule has 2 rings (SSSR count). The van der Waals surface area contributed by atoms with Crippen molar-refractivity contribution >= 4 is 17.6 Å². The third-order valence-electron chi connectivity index (χ3n) is 3.33. The molecule has 1 aliphatic rings. The SMILES string of the molecule is CC1(Nc2ccccc2C(=O)O)C=CC=CC1C(=O)O. The summed E-state index contributed by atoms with van der Waals surface area (Å²) in [5.41, 5.74) is -0.374. The predicted molar refractivity (Wildman–Crippen MR) is 74.8 cm³/mol. The fourth-order valence-corrected chi connectivity index (χ4v) is 2.26. The van der Waals surface area contributed by atoms with Crippen molar-refractivity contribution < 1.29 is 19.8 Å². The fraction of sp³-hybridized carbons (Fsp3) is 0.200. The second-order valence-electron chi connectivity index (χ2n) is 4.82. The number of carboxylic acid groups (broad SMARTS) is 2. The van der Waals surface area contributed by atoms with Gasteiger partial charge in [0.1, 0.15) is 5.92 Å². The molecule has 3 N–H and O–H groups in total. The molecule has 0 bridgehead atoms. The highest BCUT2D eigenvalue weighted by Crippen LogP contribution is 2.30. The van der Waals surface area contributed by atoms with Crippen LogP contribution in [0.1, 0.15) is 17.3 Å². The van der Waals surface area contributed by atoms with E-state index in [-0.39, 0.29) is 5.56 Å². The Bertz CT molecular complexity index is 606. The van der Waals surface area contributed by atoms with E-state index in [4.69, 9.17) is 5.11 Å². The number of hydrogen-bond donors (Lipinski definition) is 3. The Hall–Kier alpha value is -2.56. The van der Waals surface area contributed by atoms with Gasteiger partial charge in [0.25, 0.3) is 0 Å². The number of allylic oxidation sites excluding steroid dienone is 2. The molecule has 0 aliphatic heterocycles. The Balaban J connectivity index is 2.37. The molecule has 5 heteroatoms. The van der Waals surface area contributed by atoms with E-state index >= 15 is 0 Å². The van der Waals surface area contributed by atoms with Gasteiger partial charge in [-0.1, -0.05) is 36.4 Å². The molecule has 2 atom stereocenters. The zero-order chi connectivity index (χ0) is 14.8. The quantitative estimate of drug-likeness (QED) is 0.784. The first-order chi connectivity index (χ1) is 9.44. The van der Waals surface area contributed by atoms with Gasteiger partial charge in [-0.15, -0.1) is 0 Å². The van der Waals surface area contributed by atoms with Crippen LogP contribution < -0.4 is 5.32 Å². The molecular weight excluding hydrogens is 258 g/mol. The largest absolute Gasteiger partial charge is 0.481 e. The second kappa shape index (κ2) is 5.21. The maximum atomic E-state index is 11.3. The number of rotatable bonds is 4. The first kappa shape index (κ1) is 13.9. The lowest BCUT2D eigenvalue weighted by atomic mass is 9.81. The second-order valence-corrected chi connectivity index (χ2v) is 4.82. The van der Waals surface area contributed by atoms with Gasteiger partial charge in [-0.05, 0) is 19.1 Å². The average Bonchev–Trinajstić information content (AvgIpc) is 2.38. The number of carboxylic acids is 2. The molecule has 0 amide bonds. The molecule has 1 aromatic carbocycles. The van der Waals surface area contributed by atoms with Gasteiger partial charge >= 0.3 is 11.9 Å². The lowest BCUT2D eigenvalue weighted by Gasteiger charge is -2.35. The summed E-state index contributed by atoms with van der Waals surface area (Å²) in [6, 6.07) is 6.44. The molecule has 0 aromatic heterocycles. The number of hydrogen-bond acceptors (Lipinski definition) is 3. The fourth-order valence-electron chi connectivity index (χ4n) is 2.26.